The van der Waals surface area contributed by atoms with E-state index in [1.807, 2.05) is 0 Å². The number of ether oxygens (including phenoxy) is 1. The van der Waals surface area contributed by atoms with Gasteiger partial charge in [0.05, 0.1) is 0 Å². The number of carbonyl (C=O) groups is 1. The molecule has 0 aliphatic rings. The first kappa shape index (κ1) is 10.5. The van der Waals surface area contributed by atoms with E-state index in [2.05, 4.69) is 15.9 Å². The van der Waals surface area contributed by atoms with Crippen LogP contribution in [-0.2, 0) is 0 Å². The molecule has 0 amide bonds. The minimum atomic E-state index is -1.08. The summed E-state index contributed by atoms with van der Waals surface area (Å²) < 4.78 is 5.66. The Morgan fingerprint density at radius 2 is 2.36 bits per heavy atom. The molecule has 14 heavy (non-hydrogen) atoms. The minimum Gasteiger partial charge on any atom is -0.478 e. The second-order valence-corrected chi connectivity index (χ2v) is 3.31. The molecule has 0 saturated carbocycles. The molecule has 0 bridgehead atoms. The van der Waals surface area contributed by atoms with Crippen molar-refractivity contribution in [2.75, 3.05) is 6.61 Å². The van der Waals surface area contributed by atoms with Gasteiger partial charge in [0, 0.05) is 4.47 Å². The first-order valence-corrected chi connectivity index (χ1v) is 4.47. The second-order valence-electron chi connectivity index (χ2n) is 2.39. The van der Waals surface area contributed by atoms with Crippen LogP contribution in [0, 0.1) is 11.3 Å². The number of halogens is 1. The molecule has 0 aliphatic carbocycles. The Morgan fingerprint density at radius 3 is 2.93 bits per heavy atom. The van der Waals surface area contributed by atoms with Crippen molar-refractivity contribution in [1.29, 1.82) is 5.26 Å². The fraction of sp³-hybridized carbons (Fsp3) is 0.111. The lowest BCUT2D eigenvalue weighted by Crippen LogP contribution is -2.03. The highest BCUT2D eigenvalue weighted by Crippen LogP contribution is 2.23. The van der Waals surface area contributed by atoms with Gasteiger partial charge in [0.15, 0.2) is 6.61 Å². The number of hydrogen-bond donors (Lipinski definition) is 1. The third-order valence-electron chi connectivity index (χ3n) is 1.47. The molecular weight excluding hydrogens is 250 g/mol. The summed E-state index contributed by atoms with van der Waals surface area (Å²) in [6.07, 6.45) is 0. The van der Waals surface area contributed by atoms with E-state index in [0.29, 0.717) is 4.47 Å². The Labute approximate surface area is 88.9 Å². The molecule has 0 aromatic heterocycles. The van der Waals surface area contributed by atoms with Gasteiger partial charge >= 0.3 is 5.97 Å². The summed E-state index contributed by atoms with van der Waals surface area (Å²) in [4.78, 5) is 10.7. The largest absolute Gasteiger partial charge is 0.478 e. The predicted molar refractivity (Wildman–Crippen MR) is 52.2 cm³/mol. The quantitative estimate of drug-likeness (QED) is 0.898. The first-order chi connectivity index (χ1) is 6.65. The van der Waals surface area contributed by atoms with Crippen LogP contribution in [0.15, 0.2) is 22.7 Å². The summed E-state index contributed by atoms with van der Waals surface area (Å²) in [5.74, 6) is -0.890. The monoisotopic (exact) mass is 255 g/mol. The van der Waals surface area contributed by atoms with Gasteiger partial charge in [0.2, 0.25) is 0 Å². The highest BCUT2D eigenvalue weighted by atomic mass is 79.9. The predicted octanol–water partition coefficient (Wildman–Crippen LogP) is 2.05. The lowest BCUT2D eigenvalue weighted by molar-refractivity contribution is 0.0693. The summed E-state index contributed by atoms with van der Waals surface area (Å²) in [5, 5.41) is 17.1. The summed E-state index contributed by atoms with van der Waals surface area (Å²) in [5.41, 5.74) is 0.0449. The summed E-state index contributed by atoms with van der Waals surface area (Å²) in [6.45, 7) is -0.170. The van der Waals surface area contributed by atoms with Crippen LogP contribution in [0.1, 0.15) is 10.4 Å². The highest BCUT2D eigenvalue weighted by molar-refractivity contribution is 9.10. The Morgan fingerprint density at radius 1 is 1.64 bits per heavy atom. The van der Waals surface area contributed by atoms with E-state index in [4.69, 9.17) is 15.1 Å². The number of nitriles is 1. The van der Waals surface area contributed by atoms with E-state index in [-0.39, 0.29) is 17.9 Å². The number of hydrogen-bond acceptors (Lipinski definition) is 3. The molecular formula is C9H6BrNO3. The number of rotatable bonds is 3. The molecule has 0 spiro atoms. The van der Waals surface area contributed by atoms with Crippen molar-refractivity contribution in [3.05, 3.63) is 28.2 Å². The van der Waals surface area contributed by atoms with E-state index >= 15 is 0 Å². The Balaban J connectivity index is 3.04. The van der Waals surface area contributed by atoms with Gasteiger partial charge in [-0.15, -0.1) is 0 Å². The third-order valence-corrected chi connectivity index (χ3v) is 1.96. The molecule has 1 N–H and O–H groups in total. The van der Waals surface area contributed by atoms with Crippen LogP contribution in [0.5, 0.6) is 5.75 Å². The molecule has 5 heteroatoms. The maximum absolute atomic E-state index is 10.7. The van der Waals surface area contributed by atoms with E-state index in [9.17, 15) is 4.79 Å². The average molecular weight is 256 g/mol. The topological polar surface area (TPSA) is 70.3 Å². The number of carboxylic acid groups (broad SMARTS) is 1. The molecule has 0 unspecified atom stereocenters. The van der Waals surface area contributed by atoms with Crippen LogP contribution >= 0.6 is 15.9 Å². The van der Waals surface area contributed by atoms with Gasteiger partial charge in [-0.05, 0) is 18.2 Å². The Bertz CT molecular complexity index is 398. The highest BCUT2D eigenvalue weighted by Gasteiger charge is 2.11. The van der Waals surface area contributed by atoms with E-state index < -0.39 is 5.97 Å². The van der Waals surface area contributed by atoms with E-state index in [1.165, 1.54) is 12.1 Å². The van der Waals surface area contributed by atoms with Gasteiger partial charge in [-0.25, -0.2) is 4.79 Å². The summed E-state index contributed by atoms with van der Waals surface area (Å²) in [7, 11) is 0. The maximum Gasteiger partial charge on any atom is 0.339 e. The van der Waals surface area contributed by atoms with Gasteiger partial charge in [-0.1, -0.05) is 15.9 Å². The molecule has 0 heterocycles. The van der Waals surface area contributed by atoms with Crippen molar-refractivity contribution < 1.29 is 14.6 Å². The lowest BCUT2D eigenvalue weighted by atomic mass is 10.2. The van der Waals surface area contributed by atoms with Gasteiger partial charge in [-0.3, -0.25) is 0 Å². The zero-order valence-corrected chi connectivity index (χ0v) is 8.61. The molecule has 4 nitrogen and oxygen atoms in total. The smallest absolute Gasteiger partial charge is 0.339 e. The number of benzene rings is 1. The van der Waals surface area contributed by atoms with Crippen molar-refractivity contribution in [2.45, 2.75) is 0 Å². The zero-order chi connectivity index (χ0) is 10.6. The van der Waals surface area contributed by atoms with Crippen LogP contribution in [0.25, 0.3) is 0 Å². The van der Waals surface area contributed by atoms with Crippen LogP contribution < -0.4 is 4.74 Å². The standard InChI is InChI=1S/C9H6BrNO3/c10-6-1-2-7(9(12)13)8(5-6)14-4-3-11/h1-2,5H,4H2,(H,12,13). The number of aromatic carboxylic acids is 1. The van der Waals surface area contributed by atoms with Crippen molar-refractivity contribution in [2.24, 2.45) is 0 Å². The summed E-state index contributed by atoms with van der Waals surface area (Å²) in [6, 6.07) is 6.30. The van der Waals surface area contributed by atoms with Crippen molar-refractivity contribution in [3.63, 3.8) is 0 Å². The Hall–Kier alpha value is -1.54. The van der Waals surface area contributed by atoms with E-state index in [0.717, 1.165) is 0 Å². The molecule has 0 saturated heterocycles. The van der Waals surface area contributed by atoms with Gasteiger partial charge in [0.1, 0.15) is 17.4 Å². The molecule has 0 aliphatic heterocycles. The van der Waals surface area contributed by atoms with E-state index in [1.54, 1.807) is 12.1 Å². The fourth-order valence-corrected chi connectivity index (χ4v) is 1.24. The normalized spacial score (nSPS) is 9.14. The van der Waals surface area contributed by atoms with Crippen LogP contribution in [0.4, 0.5) is 0 Å². The van der Waals surface area contributed by atoms with Crippen molar-refractivity contribution >= 4 is 21.9 Å². The zero-order valence-electron chi connectivity index (χ0n) is 7.03. The number of carboxylic acids is 1. The molecule has 0 atom stereocenters. The van der Waals surface area contributed by atoms with Gasteiger partial charge in [0.25, 0.3) is 0 Å². The number of nitrogens with zero attached hydrogens (tertiary/aromatic N) is 1. The van der Waals surface area contributed by atoms with Gasteiger partial charge in [-0.2, -0.15) is 5.26 Å². The Kier molecular flexibility index (Phi) is 3.48. The molecule has 1 aromatic carbocycles. The van der Waals surface area contributed by atoms with Crippen LogP contribution in [0.2, 0.25) is 0 Å². The van der Waals surface area contributed by atoms with Crippen molar-refractivity contribution in [1.82, 2.24) is 0 Å². The molecule has 72 valence electrons. The van der Waals surface area contributed by atoms with Crippen LogP contribution in [-0.4, -0.2) is 17.7 Å². The first-order valence-electron chi connectivity index (χ1n) is 3.67. The third kappa shape index (κ3) is 2.47. The molecule has 0 fully saturated rings. The SMILES string of the molecule is N#CCOc1cc(Br)ccc1C(=O)O. The second kappa shape index (κ2) is 4.63. The lowest BCUT2D eigenvalue weighted by Gasteiger charge is -2.05. The van der Waals surface area contributed by atoms with Gasteiger partial charge < -0.3 is 9.84 Å². The van der Waals surface area contributed by atoms with Crippen LogP contribution in [0.3, 0.4) is 0 Å². The fourth-order valence-electron chi connectivity index (χ4n) is 0.902. The maximum atomic E-state index is 10.7. The molecule has 1 aromatic rings. The average Bonchev–Trinajstić information content (AvgIpc) is 2.14. The summed E-state index contributed by atoms with van der Waals surface area (Å²) >= 11 is 3.18. The molecule has 1 rings (SSSR count). The van der Waals surface area contributed by atoms with Crippen molar-refractivity contribution in [3.8, 4) is 11.8 Å². The molecule has 0 radical (unpaired) electrons. The minimum absolute atomic E-state index is 0.0449.